The summed E-state index contributed by atoms with van der Waals surface area (Å²) in [6.45, 7) is 7.18. The highest BCUT2D eigenvalue weighted by Gasteiger charge is 2.09. The molecule has 1 N–H and O–H groups in total. The number of ether oxygens (including phenoxy) is 1. The van der Waals surface area contributed by atoms with Crippen molar-refractivity contribution in [3.63, 3.8) is 0 Å². The van der Waals surface area contributed by atoms with Crippen LogP contribution in [0.2, 0.25) is 0 Å². The van der Waals surface area contributed by atoms with Gasteiger partial charge in [0.15, 0.2) is 9.84 Å². The van der Waals surface area contributed by atoms with Crippen LogP contribution in [0.1, 0.15) is 38.8 Å². The standard InChI is InChI=1S/C15H25NO3S/c1-4-11-20(17,18)12-10-19-15-8-6-14(7-9-15)13(3)16-5-2/h6-9,13,16H,4-5,10-12H2,1-3H3. The molecule has 1 rings (SSSR count). The van der Waals surface area contributed by atoms with E-state index in [-0.39, 0.29) is 18.1 Å². The molecule has 0 bridgehead atoms. The van der Waals surface area contributed by atoms with E-state index in [9.17, 15) is 8.42 Å². The SMILES string of the molecule is CCCS(=O)(=O)CCOc1ccc(C(C)NCC)cc1. The van der Waals surface area contributed by atoms with E-state index in [4.69, 9.17) is 4.74 Å². The molecule has 0 aliphatic rings. The molecule has 0 aliphatic carbocycles. The van der Waals surface area contributed by atoms with Gasteiger partial charge in [0, 0.05) is 6.04 Å². The minimum atomic E-state index is -2.97. The van der Waals surface area contributed by atoms with Gasteiger partial charge in [-0.25, -0.2) is 8.42 Å². The first-order valence-corrected chi connectivity index (χ1v) is 8.97. The van der Waals surface area contributed by atoms with Gasteiger partial charge in [-0.1, -0.05) is 26.0 Å². The third kappa shape index (κ3) is 5.92. The highest BCUT2D eigenvalue weighted by molar-refractivity contribution is 7.91. The molecule has 0 saturated heterocycles. The fourth-order valence-electron chi connectivity index (χ4n) is 1.98. The first-order valence-electron chi connectivity index (χ1n) is 7.15. The van der Waals surface area contributed by atoms with Crippen molar-refractivity contribution >= 4 is 9.84 Å². The molecule has 0 saturated carbocycles. The van der Waals surface area contributed by atoms with Gasteiger partial charge in [0.1, 0.15) is 12.4 Å². The fraction of sp³-hybridized carbons (Fsp3) is 0.600. The van der Waals surface area contributed by atoms with Crippen LogP contribution in [-0.2, 0) is 9.84 Å². The minimum Gasteiger partial charge on any atom is -0.493 e. The summed E-state index contributed by atoms with van der Waals surface area (Å²) in [4.78, 5) is 0. The highest BCUT2D eigenvalue weighted by Crippen LogP contribution is 2.17. The lowest BCUT2D eigenvalue weighted by molar-refractivity contribution is 0.340. The van der Waals surface area contributed by atoms with E-state index < -0.39 is 9.84 Å². The van der Waals surface area contributed by atoms with Gasteiger partial charge in [-0.3, -0.25) is 0 Å². The lowest BCUT2D eigenvalue weighted by atomic mass is 10.1. The highest BCUT2D eigenvalue weighted by atomic mass is 32.2. The topological polar surface area (TPSA) is 55.4 Å². The molecule has 1 aromatic carbocycles. The van der Waals surface area contributed by atoms with E-state index in [2.05, 4.69) is 19.2 Å². The van der Waals surface area contributed by atoms with Crippen molar-refractivity contribution in [2.75, 3.05) is 24.7 Å². The Balaban J connectivity index is 2.46. The number of sulfone groups is 1. The molecule has 1 aromatic rings. The molecule has 1 atom stereocenters. The number of hydrogen-bond acceptors (Lipinski definition) is 4. The van der Waals surface area contributed by atoms with Crippen LogP contribution in [0.5, 0.6) is 5.75 Å². The number of hydrogen-bond donors (Lipinski definition) is 1. The van der Waals surface area contributed by atoms with Gasteiger partial charge in [-0.15, -0.1) is 0 Å². The summed E-state index contributed by atoms with van der Waals surface area (Å²) in [5, 5.41) is 3.34. The van der Waals surface area contributed by atoms with Crippen molar-refractivity contribution in [1.29, 1.82) is 0 Å². The van der Waals surface area contributed by atoms with Crippen molar-refractivity contribution < 1.29 is 13.2 Å². The second kappa shape index (κ2) is 8.27. The molecule has 5 heteroatoms. The molecule has 0 aliphatic heterocycles. The van der Waals surface area contributed by atoms with Crippen LogP contribution in [0.3, 0.4) is 0 Å². The van der Waals surface area contributed by atoms with E-state index in [0.29, 0.717) is 18.2 Å². The first-order chi connectivity index (χ1) is 9.48. The van der Waals surface area contributed by atoms with Gasteiger partial charge in [0.2, 0.25) is 0 Å². The summed E-state index contributed by atoms with van der Waals surface area (Å²) in [5.41, 5.74) is 1.19. The van der Waals surface area contributed by atoms with Gasteiger partial charge in [0.25, 0.3) is 0 Å². The summed E-state index contributed by atoms with van der Waals surface area (Å²) < 4.78 is 28.6. The third-order valence-electron chi connectivity index (χ3n) is 3.07. The first kappa shape index (κ1) is 17.0. The Morgan fingerprint density at radius 3 is 2.35 bits per heavy atom. The zero-order chi connectivity index (χ0) is 15.0. The van der Waals surface area contributed by atoms with Crippen LogP contribution in [0.4, 0.5) is 0 Å². The normalized spacial score (nSPS) is 13.2. The van der Waals surface area contributed by atoms with Gasteiger partial charge >= 0.3 is 0 Å². The Kier molecular flexibility index (Phi) is 7.02. The van der Waals surface area contributed by atoms with E-state index in [1.165, 1.54) is 5.56 Å². The number of nitrogens with one attached hydrogen (secondary N) is 1. The maximum Gasteiger partial charge on any atom is 0.153 e. The quantitative estimate of drug-likeness (QED) is 0.761. The van der Waals surface area contributed by atoms with E-state index in [1.54, 1.807) is 0 Å². The number of benzene rings is 1. The summed E-state index contributed by atoms with van der Waals surface area (Å²) in [6.07, 6.45) is 0.652. The predicted molar refractivity (Wildman–Crippen MR) is 83.0 cm³/mol. The van der Waals surface area contributed by atoms with Gasteiger partial charge in [-0.2, -0.15) is 0 Å². The largest absolute Gasteiger partial charge is 0.493 e. The summed E-state index contributed by atoms with van der Waals surface area (Å²) in [6, 6.07) is 8.08. The van der Waals surface area contributed by atoms with Crippen LogP contribution in [0.25, 0.3) is 0 Å². The molecular formula is C15H25NO3S. The van der Waals surface area contributed by atoms with Crippen molar-refractivity contribution in [2.45, 2.75) is 33.2 Å². The van der Waals surface area contributed by atoms with Crippen molar-refractivity contribution in [1.82, 2.24) is 5.32 Å². The fourth-order valence-corrected chi connectivity index (χ4v) is 3.14. The molecule has 1 unspecified atom stereocenters. The van der Waals surface area contributed by atoms with Crippen LogP contribution in [0.15, 0.2) is 24.3 Å². The Morgan fingerprint density at radius 1 is 1.15 bits per heavy atom. The molecule has 0 radical (unpaired) electrons. The Bertz CT molecular complexity index is 482. The number of rotatable bonds is 9. The zero-order valence-electron chi connectivity index (χ0n) is 12.6. The summed E-state index contributed by atoms with van der Waals surface area (Å²) >= 11 is 0. The van der Waals surface area contributed by atoms with E-state index in [1.807, 2.05) is 31.2 Å². The van der Waals surface area contributed by atoms with Crippen LogP contribution in [0, 0.1) is 0 Å². The molecular weight excluding hydrogens is 274 g/mol. The lowest BCUT2D eigenvalue weighted by Gasteiger charge is -2.13. The zero-order valence-corrected chi connectivity index (χ0v) is 13.4. The second-order valence-electron chi connectivity index (χ2n) is 4.85. The molecule has 114 valence electrons. The second-order valence-corrected chi connectivity index (χ2v) is 7.15. The lowest BCUT2D eigenvalue weighted by Crippen LogP contribution is -2.18. The maximum absolute atomic E-state index is 11.5. The smallest absolute Gasteiger partial charge is 0.153 e. The molecule has 0 amide bonds. The maximum atomic E-state index is 11.5. The summed E-state index contributed by atoms with van der Waals surface area (Å²) in [7, 11) is -2.97. The van der Waals surface area contributed by atoms with Crippen molar-refractivity contribution in [3.05, 3.63) is 29.8 Å². The molecule has 4 nitrogen and oxygen atoms in total. The molecule has 0 spiro atoms. The van der Waals surface area contributed by atoms with Gasteiger partial charge in [0.05, 0.1) is 11.5 Å². The monoisotopic (exact) mass is 299 g/mol. The van der Waals surface area contributed by atoms with E-state index in [0.717, 1.165) is 6.54 Å². The Hall–Kier alpha value is -1.07. The average Bonchev–Trinajstić information content (AvgIpc) is 2.39. The Morgan fingerprint density at radius 2 is 1.80 bits per heavy atom. The van der Waals surface area contributed by atoms with Gasteiger partial charge < -0.3 is 10.1 Å². The van der Waals surface area contributed by atoms with Crippen LogP contribution in [-0.4, -0.2) is 33.1 Å². The minimum absolute atomic E-state index is 0.0797. The van der Waals surface area contributed by atoms with Crippen molar-refractivity contribution in [3.8, 4) is 5.75 Å². The third-order valence-corrected chi connectivity index (χ3v) is 4.89. The van der Waals surface area contributed by atoms with Gasteiger partial charge in [-0.05, 0) is 37.6 Å². The van der Waals surface area contributed by atoms with Crippen LogP contribution >= 0.6 is 0 Å². The molecule has 0 heterocycles. The molecule has 20 heavy (non-hydrogen) atoms. The van der Waals surface area contributed by atoms with E-state index >= 15 is 0 Å². The molecule has 0 fully saturated rings. The van der Waals surface area contributed by atoms with Crippen LogP contribution < -0.4 is 10.1 Å². The predicted octanol–water partition coefficient (Wildman–Crippen LogP) is 2.56. The Labute approximate surface area is 122 Å². The summed E-state index contributed by atoms with van der Waals surface area (Å²) in [5.74, 6) is 1.02. The average molecular weight is 299 g/mol. The van der Waals surface area contributed by atoms with Crippen molar-refractivity contribution in [2.24, 2.45) is 0 Å². The molecule has 0 aromatic heterocycles.